The first-order valence-electron chi connectivity index (χ1n) is 4.37. The molecule has 0 saturated heterocycles. The number of carbonyl (C=O) groups excluding carboxylic acids is 1. The number of Topliss-reactive ketones (excluding diaryl/α,β-unsaturated/α-hetero) is 1. The number of carbonyl (C=O) groups is 1. The summed E-state index contributed by atoms with van der Waals surface area (Å²) in [5.74, 6) is -2.44. The summed E-state index contributed by atoms with van der Waals surface area (Å²) >= 11 is 0. The molecule has 15 heavy (non-hydrogen) atoms. The van der Waals surface area contributed by atoms with Gasteiger partial charge in [-0.3, -0.25) is 4.79 Å². The standard InChI is InChI=1S/C10H12F2N2O/c1-14(2)9-4-8(12)7(11)3-6(9)10(15)5-13/h3-4H,5,13H2,1-2H3. The molecule has 0 aliphatic carbocycles. The largest absolute Gasteiger partial charge is 0.377 e. The van der Waals surface area contributed by atoms with Crippen LogP contribution in [0.5, 0.6) is 0 Å². The van der Waals surface area contributed by atoms with Gasteiger partial charge in [0.2, 0.25) is 0 Å². The van der Waals surface area contributed by atoms with Gasteiger partial charge in [0.05, 0.1) is 12.2 Å². The monoisotopic (exact) mass is 214 g/mol. The summed E-state index contributed by atoms with van der Waals surface area (Å²) in [6, 6.07) is 1.86. The van der Waals surface area contributed by atoms with E-state index < -0.39 is 17.4 Å². The molecule has 0 aromatic heterocycles. The molecule has 0 bridgehead atoms. The predicted octanol–water partition coefficient (Wildman–Crippen LogP) is 1.17. The molecular formula is C10H12F2N2O. The van der Waals surface area contributed by atoms with Gasteiger partial charge >= 0.3 is 0 Å². The van der Waals surface area contributed by atoms with Gasteiger partial charge in [0.1, 0.15) is 0 Å². The topological polar surface area (TPSA) is 46.3 Å². The molecular weight excluding hydrogens is 202 g/mol. The summed E-state index contributed by atoms with van der Waals surface area (Å²) in [5, 5.41) is 0. The van der Waals surface area contributed by atoms with Crippen LogP contribution in [0.25, 0.3) is 0 Å². The first-order valence-corrected chi connectivity index (χ1v) is 4.37. The fraction of sp³-hybridized carbons (Fsp3) is 0.300. The highest BCUT2D eigenvalue weighted by atomic mass is 19.2. The molecule has 5 heteroatoms. The van der Waals surface area contributed by atoms with Gasteiger partial charge in [-0.1, -0.05) is 0 Å². The minimum absolute atomic E-state index is 0.0985. The van der Waals surface area contributed by atoms with Crippen LogP contribution in [0.3, 0.4) is 0 Å². The summed E-state index contributed by atoms with van der Waals surface area (Å²) in [5.41, 5.74) is 5.60. The Kier molecular flexibility index (Phi) is 3.36. The molecule has 1 aromatic rings. The van der Waals surface area contributed by atoms with Gasteiger partial charge in [0.15, 0.2) is 17.4 Å². The molecule has 0 amide bonds. The van der Waals surface area contributed by atoms with Crippen LogP contribution in [0.4, 0.5) is 14.5 Å². The first-order chi connectivity index (χ1) is 6.97. The lowest BCUT2D eigenvalue weighted by molar-refractivity contribution is 0.100. The Morgan fingerprint density at radius 1 is 1.33 bits per heavy atom. The van der Waals surface area contributed by atoms with E-state index in [0.29, 0.717) is 5.69 Å². The highest BCUT2D eigenvalue weighted by Crippen LogP contribution is 2.22. The number of halogens is 2. The summed E-state index contributed by atoms with van der Waals surface area (Å²) in [4.78, 5) is 12.9. The van der Waals surface area contributed by atoms with Crippen LogP contribution in [0, 0.1) is 11.6 Å². The second-order valence-corrected chi connectivity index (χ2v) is 3.31. The van der Waals surface area contributed by atoms with Gasteiger partial charge in [-0.2, -0.15) is 0 Å². The Morgan fingerprint density at radius 2 is 1.87 bits per heavy atom. The maximum absolute atomic E-state index is 12.9. The maximum Gasteiger partial charge on any atom is 0.178 e. The van der Waals surface area contributed by atoms with E-state index >= 15 is 0 Å². The van der Waals surface area contributed by atoms with Gasteiger partial charge in [0, 0.05) is 25.7 Å². The van der Waals surface area contributed by atoms with Gasteiger partial charge in [-0.25, -0.2) is 8.78 Å². The third-order valence-corrected chi connectivity index (χ3v) is 2.01. The van der Waals surface area contributed by atoms with Crippen LogP contribution in [0.2, 0.25) is 0 Å². The molecule has 1 aromatic carbocycles. The molecule has 0 spiro atoms. The van der Waals surface area contributed by atoms with Crippen molar-refractivity contribution in [2.75, 3.05) is 25.5 Å². The third-order valence-electron chi connectivity index (χ3n) is 2.01. The smallest absolute Gasteiger partial charge is 0.178 e. The normalized spacial score (nSPS) is 10.2. The Hall–Kier alpha value is -1.49. The van der Waals surface area contributed by atoms with E-state index in [2.05, 4.69) is 0 Å². The minimum Gasteiger partial charge on any atom is -0.377 e. The van der Waals surface area contributed by atoms with Crippen molar-refractivity contribution in [3.63, 3.8) is 0 Å². The molecule has 82 valence electrons. The molecule has 0 fully saturated rings. The van der Waals surface area contributed by atoms with E-state index in [-0.39, 0.29) is 12.1 Å². The Bertz CT molecular complexity index is 391. The lowest BCUT2D eigenvalue weighted by Crippen LogP contribution is -2.19. The number of benzene rings is 1. The molecule has 0 aliphatic heterocycles. The van der Waals surface area contributed by atoms with Crippen molar-refractivity contribution in [3.05, 3.63) is 29.3 Å². The lowest BCUT2D eigenvalue weighted by atomic mass is 10.1. The second kappa shape index (κ2) is 4.35. The molecule has 0 atom stereocenters. The number of ketones is 1. The van der Waals surface area contributed by atoms with Crippen molar-refractivity contribution in [1.82, 2.24) is 0 Å². The highest BCUT2D eigenvalue weighted by Gasteiger charge is 2.15. The van der Waals surface area contributed by atoms with Crippen LogP contribution < -0.4 is 10.6 Å². The number of rotatable bonds is 3. The van der Waals surface area contributed by atoms with Gasteiger partial charge < -0.3 is 10.6 Å². The third kappa shape index (κ3) is 2.30. The number of nitrogens with zero attached hydrogens (tertiary/aromatic N) is 1. The average Bonchev–Trinajstić information content (AvgIpc) is 2.20. The van der Waals surface area contributed by atoms with Crippen LogP contribution in [0.15, 0.2) is 12.1 Å². The average molecular weight is 214 g/mol. The fourth-order valence-corrected chi connectivity index (χ4v) is 1.24. The summed E-state index contributed by atoms with van der Waals surface area (Å²) < 4.78 is 25.9. The van der Waals surface area contributed by atoms with Gasteiger partial charge in [0.25, 0.3) is 0 Å². The highest BCUT2D eigenvalue weighted by molar-refractivity contribution is 6.02. The number of anilines is 1. The Balaban J connectivity index is 3.34. The van der Waals surface area contributed by atoms with Crippen molar-refractivity contribution in [1.29, 1.82) is 0 Å². The van der Waals surface area contributed by atoms with Crippen molar-refractivity contribution in [3.8, 4) is 0 Å². The SMILES string of the molecule is CN(C)c1cc(F)c(F)cc1C(=O)CN. The molecule has 0 aliphatic rings. The molecule has 0 unspecified atom stereocenters. The number of nitrogens with two attached hydrogens (primary N) is 1. The predicted molar refractivity (Wildman–Crippen MR) is 54.1 cm³/mol. The van der Waals surface area contributed by atoms with Crippen LogP contribution in [0.1, 0.15) is 10.4 Å². The van der Waals surface area contributed by atoms with Crippen LogP contribution in [-0.4, -0.2) is 26.4 Å². The molecule has 2 N–H and O–H groups in total. The van der Waals surface area contributed by atoms with E-state index in [4.69, 9.17) is 5.73 Å². The fourth-order valence-electron chi connectivity index (χ4n) is 1.24. The Labute approximate surface area is 86.5 Å². The summed E-state index contributed by atoms with van der Waals surface area (Å²) in [6.45, 7) is -0.230. The Morgan fingerprint density at radius 3 is 2.33 bits per heavy atom. The van der Waals surface area contributed by atoms with E-state index in [1.165, 1.54) is 4.90 Å². The molecule has 0 radical (unpaired) electrons. The zero-order chi connectivity index (χ0) is 11.6. The van der Waals surface area contributed by atoms with Gasteiger partial charge in [-0.05, 0) is 6.07 Å². The van der Waals surface area contributed by atoms with E-state index in [1.54, 1.807) is 14.1 Å². The van der Waals surface area contributed by atoms with E-state index in [0.717, 1.165) is 12.1 Å². The summed E-state index contributed by atoms with van der Waals surface area (Å²) in [6.07, 6.45) is 0. The molecule has 0 heterocycles. The van der Waals surface area contributed by atoms with Crippen LogP contribution >= 0.6 is 0 Å². The number of hydrogen-bond donors (Lipinski definition) is 1. The van der Waals surface area contributed by atoms with Crippen molar-refractivity contribution in [2.45, 2.75) is 0 Å². The van der Waals surface area contributed by atoms with Crippen molar-refractivity contribution in [2.24, 2.45) is 5.73 Å². The molecule has 3 nitrogen and oxygen atoms in total. The van der Waals surface area contributed by atoms with E-state index in [9.17, 15) is 13.6 Å². The van der Waals surface area contributed by atoms with Crippen molar-refractivity contribution < 1.29 is 13.6 Å². The summed E-state index contributed by atoms with van der Waals surface area (Å²) in [7, 11) is 3.28. The van der Waals surface area contributed by atoms with Gasteiger partial charge in [-0.15, -0.1) is 0 Å². The molecule has 1 rings (SSSR count). The van der Waals surface area contributed by atoms with Crippen LogP contribution in [-0.2, 0) is 0 Å². The maximum atomic E-state index is 12.9. The first kappa shape index (κ1) is 11.6. The van der Waals surface area contributed by atoms with Crippen molar-refractivity contribution >= 4 is 11.5 Å². The molecule has 0 saturated carbocycles. The minimum atomic E-state index is -1.04. The zero-order valence-electron chi connectivity index (χ0n) is 8.55. The number of hydrogen-bond acceptors (Lipinski definition) is 3. The zero-order valence-corrected chi connectivity index (χ0v) is 8.55. The second-order valence-electron chi connectivity index (χ2n) is 3.31. The van der Waals surface area contributed by atoms with E-state index in [1.807, 2.05) is 0 Å². The lowest BCUT2D eigenvalue weighted by Gasteiger charge is -2.16. The quantitative estimate of drug-likeness (QED) is 0.768.